The Balaban J connectivity index is 1.74. The number of benzene rings is 1. The van der Waals surface area contributed by atoms with Crippen molar-refractivity contribution in [2.45, 2.75) is 23.8 Å². The highest BCUT2D eigenvalue weighted by molar-refractivity contribution is 7.89. The summed E-state index contributed by atoms with van der Waals surface area (Å²) in [7, 11) is -0.525. The van der Waals surface area contributed by atoms with E-state index in [9.17, 15) is 13.2 Å². The Morgan fingerprint density at radius 2 is 1.62 bits per heavy atom. The van der Waals surface area contributed by atoms with Gasteiger partial charge in [0.1, 0.15) is 0 Å². The molecule has 0 bridgehead atoms. The molecule has 1 aromatic rings. The first kappa shape index (κ1) is 22.2. The van der Waals surface area contributed by atoms with Crippen molar-refractivity contribution >= 4 is 15.9 Å². The van der Waals surface area contributed by atoms with Crippen LogP contribution in [0.4, 0.5) is 0 Å². The SMILES string of the molecule is CN(C)S(=O)(=O)c1ccc(C(=O)N(CCN2CCOCC2)C2CCOCC2)cc1. The number of morpholine rings is 1. The Morgan fingerprint density at radius 3 is 2.21 bits per heavy atom. The summed E-state index contributed by atoms with van der Waals surface area (Å²) in [5.74, 6) is -0.0565. The number of carbonyl (C=O) groups is 1. The van der Waals surface area contributed by atoms with Crippen LogP contribution in [0.15, 0.2) is 29.2 Å². The quantitative estimate of drug-likeness (QED) is 0.646. The summed E-state index contributed by atoms with van der Waals surface area (Å²) in [6.07, 6.45) is 1.64. The second-order valence-electron chi connectivity index (χ2n) is 7.61. The molecule has 0 radical (unpaired) electrons. The Hall–Kier alpha value is -1.52. The summed E-state index contributed by atoms with van der Waals surface area (Å²) in [4.78, 5) is 17.7. The minimum atomic E-state index is -3.51. The lowest BCUT2D eigenvalue weighted by atomic mass is 10.1. The molecular formula is C20H31N3O5S. The van der Waals surface area contributed by atoms with Crippen molar-refractivity contribution in [3.63, 3.8) is 0 Å². The number of rotatable bonds is 7. The minimum absolute atomic E-state index is 0.0565. The lowest BCUT2D eigenvalue weighted by Crippen LogP contribution is -2.48. The van der Waals surface area contributed by atoms with Crippen LogP contribution in [-0.2, 0) is 19.5 Å². The highest BCUT2D eigenvalue weighted by atomic mass is 32.2. The highest BCUT2D eigenvalue weighted by Gasteiger charge is 2.28. The number of amides is 1. The van der Waals surface area contributed by atoms with Crippen molar-refractivity contribution in [1.29, 1.82) is 0 Å². The van der Waals surface area contributed by atoms with E-state index in [0.29, 0.717) is 25.3 Å². The van der Waals surface area contributed by atoms with Crippen LogP contribution in [0, 0.1) is 0 Å². The van der Waals surface area contributed by atoms with Gasteiger partial charge in [0.15, 0.2) is 0 Å². The van der Waals surface area contributed by atoms with Crippen LogP contribution in [0.2, 0.25) is 0 Å². The monoisotopic (exact) mass is 425 g/mol. The number of hydrogen-bond donors (Lipinski definition) is 0. The summed E-state index contributed by atoms with van der Waals surface area (Å²) >= 11 is 0. The van der Waals surface area contributed by atoms with E-state index in [2.05, 4.69) is 4.90 Å². The molecule has 0 aromatic heterocycles. The van der Waals surface area contributed by atoms with Gasteiger partial charge in [0, 0.05) is 65.1 Å². The van der Waals surface area contributed by atoms with Gasteiger partial charge in [0.05, 0.1) is 18.1 Å². The predicted molar refractivity (Wildman–Crippen MR) is 109 cm³/mol. The van der Waals surface area contributed by atoms with E-state index in [0.717, 1.165) is 45.7 Å². The van der Waals surface area contributed by atoms with E-state index in [1.807, 2.05) is 4.90 Å². The van der Waals surface area contributed by atoms with Gasteiger partial charge in [-0.25, -0.2) is 12.7 Å². The molecule has 1 aromatic carbocycles. The lowest BCUT2D eigenvalue weighted by Gasteiger charge is -2.36. The molecule has 9 heteroatoms. The van der Waals surface area contributed by atoms with E-state index < -0.39 is 10.0 Å². The molecule has 0 aliphatic carbocycles. The summed E-state index contributed by atoms with van der Waals surface area (Å²) < 4.78 is 36.6. The molecule has 2 fully saturated rings. The average molecular weight is 426 g/mol. The Morgan fingerprint density at radius 1 is 1.03 bits per heavy atom. The van der Waals surface area contributed by atoms with Gasteiger partial charge in [-0.15, -0.1) is 0 Å². The fourth-order valence-electron chi connectivity index (χ4n) is 3.67. The third kappa shape index (κ3) is 5.55. The Kier molecular flexibility index (Phi) is 7.64. The molecule has 0 N–H and O–H groups in total. The standard InChI is InChI=1S/C20H31N3O5S/c1-21(2)29(25,26)19-5-3-17(4-6-19)20(24)23(18-7-13-27-14-8-18)10-9-22-11-15-28-16-12-22/h3-6,18H,7-16H2,1-2H3. The first-order valence-electron chi connectivity index (χ1n) is 10.1. The lowest BCUT2D eigenvalue weighted by molar-refractivity contribution is 0.0141. The van der Waals surface area contributed by atoms with E-state index >= 15 is 0 Å². The van der Waals surface area contributed by atoms with Crippen LogP contribution in [0.3, 0.4) is 0 Å². The summed E-state index contributed by atoms with van der Waals surface area (Å²) in [5, 5.41) is 0. The van der Waals surface area contributed by atoms with E-state index in [1.165, 1.54) is 30.5 Å². The number of sulfonamides is 1. The molecule has 3 rings (SSSR count). The zero-order chi connectivity index (χ0) is 20.9. The van der Waals surface area contributed by atoms with Gasteiger partial charge >= 0.3 is 0 Å². The molecular weight excluding hydrogens is 394 g/mol. The van der Waals surface area contributed by atoms with E-state index in [-0.39, 0.29) is 16.8 Å². The van der Waals surface area contributed by atoms with Crippen molar-refractivity contribution in [1.82, 2.24) is 14.1 Å². The van der Waals surface area contributed by atoms with Crippen molar-refractivity contribution in [3.05, 3.63) is 29.8 Å². The summed E-state index contributed by atoms with van der Waals surface area (Å²) in [6.45, 7) is 5.98. The van der Waals surface area contributed by atoms with Crippen LogP contribution in [0.25, 0.3) is 0 Å². The van der Waals surface area contributed by atoms with Crippen molar-refractivity contribution in [3.8, 4) is 0 Å². The summed E-state index contributed by atoms with van der Waals surface area (Å²) in [6, 6.07) is 6.38. The largest absolute Gasteiger partial charge is 0.381 e. The first-order valence-corrected chi connectivity index (χ1v) is 11.5. The predicted octanol–water partition coefficient (Wildman–Crippen LogP) is 0.890. The average Bonchev–Trinajstić information content (AvgIpc) is 2.75. The van der Waals surface area contributed by atoms with Crippen LogP contribution < -0.4 is 0 Å². The number of ether oxygens (including phenoxy) is 2. The van der Waals surface area contributed by atoms with E-state index in [1.54, 1.807) is 12.1 Å². The Labute approximate surface area is 173 Å². The molecule has 0 atom stereocenters. The highest BCUT2D eigenvalue weighted by Crippen LogP contribution is 2.20. The molecule has 29 heavy (non-hydrogen) atoms. The Bertz CT molecular complexity index is 770. The topological polar surface area (TPSA) is 79.4 Å². The number of carbonyl (C=O) groups excluding carboxylic acids is 1. The van der Waals surface area contributed by atoms with Crippen molar-refractivity contribution < 1.29 is 22.7 Å². The smallest absolute Gasteiger partial charge is 0.254 e. The molecule has 2 saturated heterocycles. The van der Waals surface area contributed by atoms with Crippen LogP contribution in [-0.4, -0.2) is 101 Å². The van der Waals surface area contributed by atoms with Gasteiger partial charge in [-0.3, -0.25) is 9.69 Å². The third-order valence-corrected chi connectivity index (χ3v) is 7.36. The van der Waals surface area contributed by atoms with Crippen molar-refractivity contribution in [2.24, 2.45) is 0 Å². The van der Waals surface area contributed by atoms with Gasteiger partial charge in [-0.05, 0) is 37.1 Å². The second-order valence-corrected chi connectivity index (χ2v) is 9.76. The second kappa shape index (κ2) is 9.99. The van der Waals surface area contributed by atoms with Gasteiger partial charge in [0.2, 0.25) is 10.0 Å². The van der Waals surface area contributed by atoms with Crippen LogP contribution >= 0.6 is 0 Å². The molecule has 2 aliphatic heterocycles. The molecule has 0 spiro atoms. The first-order chi connectivity index (χ1) is 13.9. The fourth-order valence-corrected chi connectivity index (χ4v) is 4.57. The maximum absolute atomic E-state index is 13.3. The minimum Gasteiger partial charge on any atom is -0.381 e. The van der Waals surface area contributed by atoms with E-state index in [4.69, 9.17) is 9.47 Å². The molecule has 162 valence electrons. The third-order valence-electron chi connectivity index (χ3n) is 5.53. The van der Waals surface area contributed by atoms with Gasteiger partial charge in [-0.2, -0.15) is 0 Å². The van der Waals surface area contributed by atoms with Gasteiger partial charge in [0.25, 0.3) is 5.91 Å². The van der Waals surface area contributed by atoms with Gasteiger partial charge in [-0.1, -0.05) is 0 Å². The molecule has 0 saturated carbocycles. The zero-order valence-corrected chi connectivity index (χ0v) is 18.1. The summed E-state index contributed by atoms with van der Waals surface area (Å²) in [5.41, 5.74) is 0.510. The van der Waals surface area contributed by atoms with Gasteiger partial charge < -0.3 is 14.4 Å². The van der Waals surface area contributed by atoms with Crippen LogP contribution in [0.5, 0.6) is 0 Å². The molecule has 1 amide bonds. The maximum Gasteiger partial charge on any atom is 0.254 e. The fraction of sp³-hybridized carbons (Fsp3) is 0.650. The number of hydrogen-bond acceptors (Lipinski definition) is 6. The maximum atomic E-state index is 13.3. The number of nitrogens with zero attached hydrogens (tertiary/aromatic N) is 3. The zero-order valence-electron chi connectivity index (χ0n) is 17.2. The molecule has 2 heterocycles. The molecule has 0 unspecified atom stereocenters. The molecule has 8 nitrogen and oxygen atoms in total. The molecule has 2 aliphatic rings. The normalized spacial score (nSPS) is 19.4. The van der Waals surface area contributed by atoms with Crippen LogP contribution in [0.1, 0.15) is 23.2 Å². The van der Waals surface area contributed by atoms with Crippen molar-refractivity contribution in [2.75, 3.05) is 66.7 Å².